The highest BCUT2D eigenvalue weighted by Gasteiger charge is 2.09. The second-order valence-corrected chi connectivity index (χ2v) is 6.67. The summed E-state index contributed by atoms with van der Waals surface area (Å²) in [6.07, 6.45) is 9.13. The summed E-state index contributed by atoms with van der Waals surface area (Å²) in [4.78, 5) is 17.7. The Hall–Kier alpha value is -3.74. The first kappa shape index (κ1) is 17.4. The van der Waals surface area contributed by atoms with E-state index in [1.165, 1.54) is 6.33 Å². The number of ether oxygens (including phenoxy) is 2. The van der Waals surface area contributed by atoms with Crippen LogP contribution in [0.3, 0.4) is 0 Å². The standard InChI is InChI=1S/C22H19N5O2/c1-2-4-11-29-21-17-12-16(8-9-18(17)24-14-25-21)26-22-23-13-15-6-5-7-19(20(15)27-22)28-10-3-1/h1-2,5-9,12-14H,3-4,10-11H2,(H,23,26,27). The van der Waals surface area contributed by atoms with Gasteiger partial charge in [-0.15, -0.1) is 0 Å². The highest BCUT2D eigenvalue weighted by Crippen LogP contribution is 2.28. The Labute approximate surface area is 167 Å². The molecule has 3 heterocycles. The van der Waals surface area contributed by atoms with Crippen LogP contribution in [-0.4, -0.2) is 33.1 Å². The van der Waals surface area contributed by atoms with Gasteiger partial charge >= 0.3 is 0 Å². The Morgan fingerprint density at radius 2 is 1.79 bits per heavy atom. The molecule has 0 fully saturated rings. The van der Waals surface area contributed by atoms with Crippen LogP contribution in [0.1, 0.15) is 12.8 Å². The van der Waals surface area contributed by atoms with Crippen molar-refractivity contribution in [2.75, 3.05) is 18.5 Å². The van der Waals surface area contributed by atoms with Gasteiger partial charge in [-0.3, -0.25) is 0 Å². The monoisotopic (exact) mass is 385 g/mol. The van der Waals surface area contributed by atoms with Crippen LogP contribution in [0.15, 0.2) is 61.1 Å². The van der Waals surface area contributed by atoms with Gasteiger partial charge in [0.1, 0.15) is 17.6 Å². The van der Waals surface area contributed by atoms with Crippen LogP contribution < -0.4 is 14.8 Å². The fourth-order valence-electron chi connectivity index (χ4n) is 3.26. The van der Waals surface area contributed by atoms with Gasteiger partial charge in [0, 0.05) is 17.3 Å². The molecule has 5 rings (SSSR count). The molecule has 144 valence electrons. The van der Waals surface area contributed by atoms with Crippen molar-refractivity contribution in [2.24, 2.45) is 0 Å². The number of nitrogens with zero attached hydrogens (tertiary/aromatic N) is 4. The largest absolute Gasteiger partial charge is 0.491 e. The molecule has 1 N–H and O–H groups in total. The zero-order valence-electron chi connectivity index (χ0n) is 15.7. The zero-order valence-corrected chi connectivity index (χ0v) is 15.7. The number of nitrogens with one attached hydrogen (secondary N) is 1. The van der Waals surface area contributed by atoms with Gasteiger partial charge in [-0.25, -0.2) is 19.9 Å². The number of anilines is 2. The summed E-state index contributed by atoms with van der Waals surface area (Å²) in [5, 5.41) is 5.04. The quantitative estimate of drug-likeness (QED) is 0.449. The van der Waals surface area contributed by atoms with E-state index in [-0.39, 0.29) is 0 Å². The molecule has 0 spiro atoms. The molecule has 2 aromatic carbocycles. The minimum atomic E-state index is 0.497. The molecule has 7 nitrogen and oxygen atoms in total. The molecule has 0 unspecified atom stereocenters. The van der Waals surface area contributed by atoms with Gasteiger partial charge in [0.2, 0.25) is 11.8 Å². The number of aromatic nitrogens is 4. The molecular weight excluding hydrogens is 366 g/mol. The Kier molecular flexibility index (Phi) is 4.62. The molecule has 0 saturated heterocycles. The molecule has 2 aromatic heterocycles. The first-order chi connectivity index (χ1) is 14.4. The first-order valence-electron chi connectivity index (χ1n) is 9.55. The zero-order chi connectivity index (χ0) is 19.5. The van der Waals surface area contributed by atoms with E-state index in [0.29, 0.717) is 25.0 Å². The van der Waals surface area contributed by atoms with E-state index in [0.717, 1.165) is 46.1 Å². The molecule has 29 heavy (non-hydrogen) atoms. The Balaban J connectivity index is 1.59. The lowest BCUT2D eigenvalue weighted by molar-refractivity contribution is 0.315. The maximum atomic E-state index is 5.96. The highest BCUT2D eigenvalue weighted by atomic mass is 16.5. The summed E-state index contributed by atoms with van der Waals surface area (Å²) in [5.41, 5.74) is 2.44. The fraction of sp³-hybridized carbons (Fsp3) is 0.182. The summed E-state index contributed by atoms with van der Waals surface area (Å²) in [7, 11) is 0. The first-order valence-corrected chi connectivity index (χ1v) is 9.55. The van der Waals surface area contributed by atoms with Gasteiger partial charge in [-0.05, 0) is 37.1 Å². The summed E-state index contributed by atoms with van der Waals surface area (Å²) in [6, 6.07) is 11.7. The molecule has 0 amide bonds. The fourth-order valence-corrected chi connectivity index (χ4v) is 3.26. The number of para-hydroxylation sites is 1. The second-order valence-electron chi connectivity index (χ2n) is 6.67. The predicted octanol–water partition coefficient (Wildman–Crippen LogP) is 4.42. The van der Waals surface area contributed by atoms with Crippen molar-refractivity contribution in [3.63, 3.8) is 0 Å². The van der Waals surface area contributed by atoms with Crippen molar-refractivity contribution < 1.29 is 9.47 Å². The van der Waals surface area contributed by atoms with Gasteiger partial charge in [0.05, 0.1) is 24.1 Å². The predicted molar refractivity (Wildman–Crippen MR) is 112 cm³/mol. The van der Waals surface area contributed by atoms with Gasteiger partial charge in [0.15, 0.2) is 0 Å². The molecule has 0 radical (unpaired) electrons. The lowest BCUT2D eigenvalue weighted by atomic mass is 10.2. The maximum absolute atomic E-state index is 5.96. The van der Waals surface area contributed by atoms with Crippen molar-refractivity contribution in [3.8, 4) is 11.6 Å². The topological polar surface area (TPSA) is 82.1 Å². The van der Waals surface area contributed by atoms with Crippen LogP contribution in [0.4, 0.5) is 11.6 Å². The minimum absolute atomic E-state index is 0.497. The highest BCUT2D eigenvalue weighted by molar-refractivity contribution is 5.88. The van der Waals surface area contributed by atoms with E-state index < -0.39 is 0 Å². The van der Waals surface area contributed by atoms with Crippen molar-refractivity contribution in [3.05, 3.63) is 61.1 Å². The number of fused-ring (bicyclic) bond motifs is 2. The van der Waals surface area contributed by atoms with Crippen molar-refractivity contribution in [2.45, 2.75) is 12.8 Å². The Bertz CT molecular complexity index is 1120. The van der Waals surface area contributed by atoms with Gasteiger partial charge in [-0.1, -0.05) is 24.3 Å². The summed E-state index contributed by atoms with van der Waals surface area (Å²) in [6.45, 7) is 1.13. The molecule has 0 saturated carbocycles. The van der Waals surface area contributed by atoms with E-state index in [1.54, 1.807) is 6.20 Å². The number of rotatable bonds is 0. The molecule has 0 atom stereocenters. The number of hydrogen-bond acceptors (Lipinski definition) is 7. The van der Waals surface area contributed by atoms with E-state index in [4.69, 9.17) is 9.47 Å². The van der Waals surface area contributed by atoms with Gasteiger partial charge in [-0.2, -0.15) is 0 Å². The summed E-state index contributed by atoms with van der Waals surface area (Å²) >= 11 is 0. The molecule has 0 aliphatic carbocycles. The molecule has 7 heteroatoms. The number of hydrogen-bond donors (Lipinski definition) is 1. The Morgan fingerprint density at radius 1 is 0.897 bits per heavy atom. The average Bonchev–Trinajstić information content (AvgIpc) is 2.75. The van der Waals surface area contributed by atoms with Gasteiger partial charge in [0.25, 0.3) is 0 Å². The van der Waals surface area contributed by atoms with E-state index in [2.05, 4.69) is 37.4 Å². The van der Waals surface area contributed by atoms with Crippen molar-refractivity contribution in [1.82, 2.24) is 19.9 Å². The van der Waals surface area contributed by atoms with Crippen LogP contribution in [0.2, 0.25) is 0 Å². The van der Waals surface area contributed by atoms with Crippen molar-refractivity contribution in [1.29, 1.82) is 0 Å². The van der Waals surface area contributed by atoms with Crippen LogP contribution in [0.25, 0.3) is 21.8 Å². The lowest BCUT2D eigenvalue weighted by Gasteiger charge is -2.11. The lowest BCUT2D eigenvalue weighted by Crippen LogP contribution is -2.01. The van der Waals surface area contributed by atoms with Crippen LogP contribution in [0.5, 0.6) is 11.6 Å². The Morgan fingerprint density at radius 3 is 2.72 bits per heavy atom. The smallest absolute Gasteiger partial charge is 0.227 e. The third kappa shape index (κ3) is 3.67. The third-order valence-corrected chi connectivity index (χ3v) is 4.66. The molecule has 4 bridgehead atoms. The normalized spacial score (nSPS) is 14.3. The minimum Gasteiger partial charge on any atom is -0.491 e. The average molecular weight is 385 g/mol. The third-order valence-electron chi connectivity index (χ3n) is 4.66. The van der Waals surface area contributed by atoms with Crippen molar-refractivity contribution >= 4 is 33.4 Å². The molecular formula is C22H19N5O2. The van der Waals surface area contributed by atoms with E-state index >= 15 is 0 Å². The van der Waals surface area contributed by atoms with Crippen LogP contribution >= 0.6 is 0 Å². The molecule has 4 aromatic rings. The second kappa shape index (κ2) is 7.71. The van der Waals surface area contributed by atoms with Crippen LogP contribution in [-0.2, 0) is 0 Å². The SMILES string of the molecule is C1=CCCOc2cccc3cnc(nc23)Nc2ccc3ncnc(c3c2)OCC1. The molecule has 1 aliphatic heterocycles. The summed E-state index contributed by atoms with van der Waals surface area (Å²) in [5.74, 6) is 1.82. The summed E-state index contributed by atoms with van der Waals surface area (Å²) < 4.78 is 11.9. The van der Waals surface area contributed by atoms with Crippen LogP contribution in [0, 0.1) is 0 Å². The van der Waals surface area contributed by atoms with E-state index in [1.807, 2.05) is 36.4 Å². The van der Waals surface area contributed by atoms with Gasteiger partial charge < -0.3 is 14.8 Å². The number of benzene rings is 2. The maximum Gasteiger partial charge on any atom is 0.227 e. The van der Waals surface area contributed by atoms with E-state index in [9.17, 15) is 0 Å². The molecule has 1 aliphatic rings.